The molecule has 2 bridgehead atoms. The lowest BCUT2D eigenvalue weighted by molar-refractivity contribution is -0.200. The van der Waals surface area contributed by atoms with Crippen LogP contribution in [0.5, 0.6) is 5.75 Å². The number of Topliss-reactive ketones (excluding diaryl/α,β-unsaturated/α-hetero) is 1. The van der Waals surface area contributed by atoms with Crippen molar-refractivity contribution in [2.75, 3.05) is 7.05 Å². The quantitative estimate of drug-likeness (QED) is 0.357. The number of carboxylic acid groups (broad SMARTS) is 1. The van der Waals surface area contributed by atoms with Gasteiger partial charge in [-0.3, -0.25) is 9.59 Å². The van der Waals surface area contributed by atoms with Gasteiger partial charge in [-0.15, -0.1) is 0 Å². The van der Waals surface area contributed by atoms with Crippen LogP contribution in [-0.4, -0.2) is 59.3 Å². The Bertz CT molecular complexity index is 1280. The van der Waals surface area contributed by atoms with Gasteiger partial charge in [0, 0.05) is 37.2 Å². The molecule has 1 aromatic carbocycles. The molecule has 1 unspecified atom stereocenters. The molecule has 4 N–H and O–H groups in total. The summed E-state index contributed by atoms with van der Waals surface area (Å²) in [5.74, 6) is -4.20. The molecule has 0 radical (unpaired) electrons. The van der Waals surface area contributed by atoms with Crippen LogP contribution in [-0.2, 0) is 25.6 Å². The van der Waals surface area contributed by atoms with Gasteiger partial charge in [0.1, 0.15) is 5.78 Å². The smallest absolute Gasteiger partial charge is 0.478 e. The maximum atomic E-state index is 15.7. The second-order valence-electron chi connectivity index (χ2n) is 13.8. The summed E-state index contributed by atoms with van der Waals surface area (Å²) in [4.78, 5) is 39.3. The highest BCUT2D eigenvalue weighted by molar-refractivity contribution is 6.61. The number of amides is 1. The molecular weight excluding hydrogens is 544 g/mol. The van der Waals surface area contributed by atoms with E-state index in [2.05, 4.69) is 12.2 Å². The maximum absolute atomic E-state index is 15.7. The number of nitrogens with one attached hydrogen (secondary N) is 1. The fourth-order valence-corrected chi connectivity index (χ4v) is 9.34. The van der Waals surface area contributed by atoms with Crippen LogP contribution in [0.2, 0.25) is 0 Å². The number of aliphatic hydroxyl groups is 1. The van der Waals surface area contributed by atoms with Crippen molar-refractivity contribution in [1.29, 1.82) is 0 Å². The number of ether oxygens (including phenoxy) is 1. The van der Waals surface area contributed by atoms with Gasteiger partial charge in [-0.1, -0.05) is 33.8 Å². The van der Waals surface area contributed by atoms with Crippen LogP contribution in [0.15, 0.2) is 12.1 Å². The van der Waals surface area contributed by atoms with Crippen molar-refractivity contribution in [3.63, 3.8) is 0 Å². The van der Waals surface area contributed by atoms with E-state index in [-0.39, 0.29) is 54.2 Å². The number of rotatable bonds is 7. The summed E-state index contributed by atoms with van der Waals surface area (Å²) in [6.45, 7) is 7.97. The van der Waals surface area contributed by atoms with Gasteiger partial charge < -0.3 is 29.9 Å². The van der Waals surface area contributed by atoms with Gasteiger partial charge in [0.25, 0.3) is 0 Å². The highest BCUT2D eigenvalue weighted by Crippen LogP contribution is 2.69. The average Bonchev–Trinajstić information content (AvgIpc) is 3.51. The predicted molar refractivity (Wildman–Crippen MR) is 152 cm³/mol. The third-order valence-corrected chi connectivity index (χ3v) is 12.0. The summed E-state index contributed by atoms with van der Waals surface area (Å²) in [5.41, 5.74) is -1.87. The molecule has 9 nitrogen and oxygen atoms in total. The predicted octanol–water partition coefficient (Wildman–Crippen LogP) is 2.83. The fourth-order valence-electron chi connectivity index (χ4n) is 9.34. The van der Waals surface area contributed by atoms with E-state index < -0.39 is 59.2 Å². The molecule has 0 saturated heterocycles. The fraction of sp³-hybridized carbons (Fsp3) is 0.710. The van der Waals surface area contributed by atoms with Crippen molar-refractivity contribution >= 4 is 30.2 Å². The lowest BCUT2D eigenvalue weighted by atomic mass is 9.41. The van der Waals surface area contributed by atoms with E-state index in [1.165, 1.54) is 6.07 Å². The van der Waals surface area contributed by atoms with E-state index in [1.54, 1.807) is 13.1 Å². The number of halogens is 1. The third-order valence-electron chi connectivity index (χ3n) is 12.0. The maximum Gasteiger partial charge on any atom is 0.494 e. The van der Waals surface area contributed by atoms with E-state index in [9.17, 15) is 29.6 Å². The first-order valence-electron chi connectivity index (χ1n) is 15.1. The molecule has 9 atom stereocenters. The number of aliphatic carboxylic acids is 1. The van der Waals surface area contributed by atoms with Crippen LogP contribution < -0.4 is 15.5 Å². The highest BCUT2D eigenvalue weighted by Gasteiger charge is 2.69. The molecule has 1 amide bonds. The monoisotopic (exact) mass is 587 g/mol. The summed E-state index contributed by atoms with van der Waals surface area (Å²) in [6.07, 6.45) is 0.609. The minimum absolute atomic E-state index is 0.0277. The Morgan fingerprint density at radius 3 is 2.64 bits per heavy atom. The Morgan fingerprint density at radius 1 is 1.26 bits per heavy atom. The van der Waals surface area contributed by atoms with Gasteiger partial charge in [0.2, 0.25) is 5.91 Å². The summed E-state index contributed by atoms with van der Waals surface area (Å²) >= 11 is 0. The third kappa shape index (κ3) is 4.58. The van der Waals surface area contributed by atoms with Crippen molar-refractivity contribution in [1.82, 2.24) is 5.32 Å². The lowest BCUT2D eigenvalue weighted by Gasteiger charge is -2.63. The molecule has 5 rings (SSSR count). The number of carbonyl (C=O) groups excluding carboxylic acids is 2. The van der Waals surface area contributed by atoms with Crippen LogP contribution in [0.25, 0.3) is 0 Å². The number of fused-ring (bicyclic) bond motifs is 1. The SMILES string of the molecule is CNC(=O)CC[C@]1(C)C[C@@H](C(Oc2ccc3c(c2F)B(O)OC3)C(=O)O)[C@@]2(C)[C@H](C)CC[C@]3(CCC(=O)[C@H]32)[C@@H](C)[C@@H]1O. The Labute approximate surface area is 246 Å². The Kier molecular flexibility index (Phi) is 8.03. The summed E-state index contributed by atoms with van der Waals surface area (Å²) < 4.78 is 26.9. The zero-order valence-electron chi connectivity index (χ0n) is 25.1. The first kappa shape index (κ1) is 30.9. The largest absolute Gasteiger partial charge is 0.494 e. The molecule has 0 aromatic heterocycles. The van der Waals surface area contributed by atoms with Crippen LogP contribution in [0.1, 0.15) is 78.2 Å². The van der Waals surface area contributed by atoms with Gasteiger partial charge in [0.05, 0.1) is 12.7 Å². The van der Waals surface area contributed by atoms with Crippen molar-refractivity contribution in [2.45, 2.75) is 91.5 Å². The van der Waals surface area contributed by atoms with Crippen LogP contribution in [0.3, 0.4) is 0 Å². The second kappa shape index (κ2) is 10.9. The molecule has 3 aliphatic carbocycles. The summed E-state index contributed by atoms with van der Waals surface area (Å²) in [7, 11) is 0.0675. The normalized spacial score (nSPS) is 38.2. The number of aliphatic hydroxyl groups excluding tert-OH is 1. The average molecular weight is 587 g/mol. The van der Waals surface area contributed by atoms with E-state index in [0.717, 1.165) is 12.8 Å². The summed E-state index contributed by atoms with van der Waals surface area (Å²) in [6, 6.07) is 2.91. The number of ketones is 1. The van der Waals surface area contributed by atoms with Gasteiger partial charge in [-0.25, -0.2) is 9.18 Å². The number of hydrogen-bond donors (Lipinski definition) is 4. The molecule has 42 heavy (non-hydrogen) atoms. The molecular formula is C31H43BFNO8. The van der Waals surface area contributed by atoms with Gasteiger partial charge >= 0.3 is 13.1 Å². The minimum Gasteiger partial charge on any atom is -0.478 e. The highest BCUT2D eigenvalue weighted by atomic mass is 19.1. The van der Waals surface area contributed by atoms with Crippen LogP contribution in [0, 0.1) is 45.7 Å². The van der Waals surface area contributed by atoms with Crippen molar-refractivity contribution in [2.24, 2.45) is 39.9 Å². The summed E-state index contributed by atoms with van der Waals surface area (Å²) in [5, 5.41) is 35.6. The van der Waals surface area contributed by atoms with E-state index in [4.69, 9.17) is 9.39 Å². The molecule has 0 spiro atoms. The zero-order valence-corrected chi connectivity index (χ0v) is 25.1. The topological polar surface area (TPSA) is 142 Å². The molecule has 11 heteroatoms. The first-order chi connectivity index (χ1) is 19.7. The number of hydrogen-bond acceptors (Lipinski definition) is 7. The van der Waals surface area contributed by atoms with Crippen molar-refractivity contribution in [3.8, 4) is 5.75 Å². The Balaban J connectivity index is 1.66. The van der Waals surface area contributed by atoms with Crippen molar-refractivity contribution < 1.29 is 43.4 Å². The Morgan fingerprint density at radius 2 is 1.98 bits per heavy atom. The van der Waals surface area contributed by atoms with Crippen molar-refractivity contribution in [3.05, 3.63) is 23.5 Å². The molecule has 1 aromatic rings. The Hall–Kier alpha value is -2.50. The number of carbonyl (C=O) groups is 3. The van der Waals surface area contributed by atoms with E-state index >= 15 is 4.39 Å². The first-order valence-corrected chi connectivity index (χ1v) is 15.1. The lowest BCUT2D eigenvalue weighted by Crippen LogP contribution is -2.64. The van der Waals surface area contributed by atoms with Crippen LogP contribution in [0.4, 0.5) is 4.39 Å². The number of benzene rings is 1. The van der Waals surface area contributed by atoms with Gasteiger partial charge in [0.15, 0.2) is 17.7 Å². The molecule has 230 valence electrons. The molecule has 3 fully saturated rings. The molecule has 3 saturated carbocycles. The van der Waals surface area contributed by atoms with Gasteiger partial charge in [-0.2, -0.15) is 0 Å². The molecule has 4 aliphatic rings. The van der Waals surface area contributed by atoms with Gasteiger partial charge in [-0.05, 0) is 71.8 Å². The molecule has 1 heterocycles. The molecule has 1 aliphatic heterocycles. The second-order valence-corrected chi connectivity index (χ2v) is 13.8. The zero-order chi connectivity index (χ0) is 30.8. The van der Waals surface area contributed by atoms with E-state index in [0.29, 0.717) is 24.8 Å². The van der Waals surface area contributed by atoms with E-state index in [1.807, 2.05) is 20.8 Å². The van der Waals surface area contributed by atoms with Crippen LogP contribution >= 0.6 is 0 Å². The standard InChI is InChI=1S/C31H43BFNO8/c1-16-8-12-31-13-9-20(35)26(31)30(16,4)19(14-29(3,27(37)17(31)2)11-10-22(36)34-5)25(28(38)39)42-21-7-6-18-15-41-32(40)23(18)24(21)33/h6-7,16-17,19,25-27,37,40H,8-15H2,1-5H3,(H,34,36)(H,38,39)/t16-,17+,19+,25?,26+,27+,29-,30-,31+/m1/s1. The minimum atomic E-state index is -1.56. The number of carboxylic acids is 1.